The van der Waals surface area contributed by atoms with E-state index in [1.807, 2.05) is 0 Å². The third kappa shape index (κ3) is 3.93. The van der Waals surface area contributed by atoms with Crippen molar-refractivity contribution in [2.45, 2.75) is 66.2 Å². The number of benzene rings is 6. The molecule has 0 fully saturated rings. The maximum absolute atomic E-state index is 2.54. The predicted octanol–water partition coefficient (Wildman–Crippen LogP) is 12.2. The van der Waals surface area contributed by atoms with Gasteiger partial charge in [0.1, 0.15) is 0 Å². The van der Waals surface area contributed by atoms with Crippen molar-refractivity contribution in [3.63, 3.8) is 0 Å². The van der Waals surface area contributed by atoms with Crippen molar-refractivity contribution in [2.75, 3.05) is 4.90 Å². The summed E-state index contributed by atoms with van der Waals surface area (Å²) in [7, 11) is 0. The second kappa shape index (κ2) is 9.44. The molecule has 0 amide bonds. The molecular weight excluding hydrogens is 542 g/mol. The number of hydrogen-bond acceptors (Lipinski definition) is 1. The van der Waals surface area contributed by atoms with E-state index >= 15 is 0 Å². The average molecular weight is 584 g/mol. The Morgan fingerprint density at radius 3 is 1.80 bits per heavy atom. The van der Waals surface area contributed by atoms with Crippen LogP contribution in [-0.2, 0) is 10.8 Å². The highest BCUT2D eigenvalue weighted by Gasteiger charge is 2.42. The van der Waals surface area contributed by atoms with Gasteiger partial charge in [-0.05, 0) is 131 Å². The Bertz CT molecular complexity index is 2190. The lowest BCUT2D eigenvalue weighted by atomic mass is 9.79. The molecule has 2 aliphatic carbocycles. The fraction of sp³-hybridized carbons (Fsp3) is 0.227. The molecule has 0 heterocycles. The number of fused-ring (bicyclic) bond motifs is 8. The quantitative estimate of drug-likeness (QED) is 0.200. The lowest BCUT2D eigenvalue weighted by Crippen LogP contribution is -2.18. The molecule has 0 N–H and O–H groups in total. The first-order valence-corrected chi connectivity index (χ1v) is 16.3. The van der Waals surface area contributed by atoms with Crippen LogP contribution in [0.3, 0.4) is 0 Å². The Morgan fingerprint density at radius 1 is 0.444 bits per heavy atom. The van der Waals surface area contributed by atoms with Crippen LogP contribution >= 0.6 is 0 Å². The van der Waals surface area contributed by atoms with Gasteiger partial charge in [-0.2, -0.15) is 0 Å². The molecule has 6 aromatic rings. The van der Waals surface area contributed by atoms with Crippen LogP contribution in [0.4, 0.5) is 17.1 Å². The summed E-state index contributed by atoms with van der Waals surface area (Å²) in [5.74, 6) is 0. The van der Waals surface area contributed by atoms with Crippen molar-refractivity contribution < 1.29 is 0 Å². The maximum Gasteiger partial charge on any atom is 0.0543 e. The van der Waals surface area contributed by atoms with E-state index in [1.54, 1.807) is 0 Å². The summed E-state index contributed by atoms with van der Waals surface area (Å²) in [6.45, 7) is 18.5. The van der Waals surface area contributed by atoms with Gasteiger partial charge in [-0.3, -0.25) is 0 Å². The summed E-state index contributed by atoms with van der Waals surface area (Å²) < 4.78 is 0. The van der Waals surface area contributed by atoms with E-state index in [9.17, 15) is 0 Å². The maximum atomic E-state index is 2.54. The third-order valence-electron chi connectivity index (χ3n) is 10.7. The monoisotopic (exact) mass is 583 g/mol. The highest BCUT2D eigenvalue weighted by Crippen LogP contribution is 2.58. The van der Waals surface area contributed by atoms with Crippen LogP contribution in [0, 0.1) is 27.7 Å². The Labute approximate surface area is 268 Å². The topological polar surface area (TPSA) is 3.24 Å². The Kier molecular flexibility index (Phi) is 5.85. The van der Waals surface area contributed by atoms with Gasteiger partial charge in [0.2, 0.25) is 0 Å². The minimum absolute atomic E-state index is 0.0353. The molecule has 0 bridgehead atoms. The largest absolute Gasteiger partial charge is 0.310 e. The van der Waals surface area contributed by atoms with Gasteiger partial charge < -0.3 is 4.90 Å². The van der Waals surface area contributed by atoms with Crippen LogP contribution in [0.1, 0.15) is 72.2 Å². The zero-order chi connectivity index (χ0) is 31.4. The molecule has 0 atom stereocenters. The summed E-state index contributed by atoms with van der Waals surface area (Å²) in [4.78, 5) is 2.51. The summed E-state index contributed by atoms with van der Waals surface area (Å²) >= 11 is 0. The van der Waals surface area contributed by atoms with Crippen LogP contribution in [0.15, 0.2) is 103 Å². The fourth-order valence-corrected chi connectivity index (χ4v) is 8.48. The van der Waals surface area contributed by atoms with Gasteiger partial charge in [-0.25, -0.2) is 0 Å². The number of hydrogen-bond donors (Lipinski definition) is 0. The number of nitrogens with zero attached hydrogens (tertiary/aromatic N) is 1. The highest BCUT2D eigenvalue weighted by molar-refractivity contribution is 6.10. The second-order valence-corrected chi connectivity index (χ2v) is 14.6. The summed E-state index contributed by atoms with van der Waals surface area (Å²) in [5.41, 5.74) is 19.8. The zero-order valence-electron chi connectivity index (χ0n) is 27.8. The van der Waals surface area contributed by atoms with Gasteiger partial charge in [0, 0.05) is 27.6 Å². The molecule has 45 heavy (non-hydrogen) atoms. The molecule has 0 aliphatic heterocycles. The van der Waals surface area contributed by atoms with Gasteiger partial charge in [0.15, 0.2) is 0 Å². The van der Waals surface area contributed by atoms with E-state index in [4.69, 9.17) is 0 Å². The van der Waals surface area contributed by atoms with Crippen molar-refractivity contribution in [2.24, 2.45) is 0 Å². The van der Waals surface area contributed by atoms with Crippen LogP contribution in [0.2, 0.25) is 0 Å². The predicted molar refractivity (Wildman–Crippen MR) is 193 cm³/mol. The minimum atomic E-state index is -0.156. The molecular formula is C44H41N. The summed E-state index contributed by atoms with van der Waals surface area (Å²) in [6.07, 6.45) is 0. The number of aryl methyl sites for hydroxylation is 4. The minimum Gasteiger partial charge on any atom is -0.310 e. The summed E-state index contributed by atoms with van der Waals surface area (Å²) in [6, 6.07) is 39.4. The van der Waals surface area contributed by atoms with Crippen molar-refractivity contribution in [3.8, 4) is 22.3 Å². The number of rotatable bonds is 3. The fourth-order valence-electron chi connectivity index (χ4n) is 8.48. The van der Waals surface area contributed by atoms with E-state index in [-0.39, 0.29) is 10.8 Å². The molecule has 0 radical (unpaired) electrons. The Morgan fingerprint density at radius 2 is 1.07 bits per heavy atom. The van der Waals surface area contributed by atoms with Gasteiger partial charge in [0.05, 0.1) is 5.69 Å². The summed E-state index contributed by atoms with van der Waals surface area (Å²) in [5, 5.41) is 2.60. The molecule has 0 spiro atoms. The first kappa shape index (κ1) is 27.9. The molecule has 6 aromatic carbocycles. The van der Waals surface area contributed by atoms with Crippen LogP contribution in [-0.4, -0.2) is 0 Å². The first-order valence-electron chi connectivity index (χ1n) is 16.3. The van der Waals surface area contributed by atoms with Gasteiger partial charge in [0.25, 0.3) is 0 Å². The van der Waals surface area contributed by atoms with Gasteiger partial charge in [-0.15, -0.1) is 0 Å². The Hall–Kier alpha value is -4.62. The SMILES string of the molecule is Cc1cc(C)cc(N(c2ccc(C)cc2C)c2cc3c(c4ccccc24)-c2cc4c(cc2C3(C)C)-c2ccccc2C4(C)C)c1. The van der Waals surface area contributed by atoms with Crippen molar-refractivity contribution in [3.05, 3.63) is 148 Å². The van der Waals surface area contributed by atoms with Crippen LogP contribution in [0.25, 0.3) is 33.0 Å². The standard InChI is InChI=1S/C44H41N/c1-26-17-18-40(29(4)20-26)45(30-21-27(2)19-28(3)22-30)41-25-39-42(33-15-10-9-14-32(33)41)35-24-37-34(23-38(35)44(39,7)8)31-13-11-12-16-36(31)43(37,5)6/h9-25H,1-8H3. The normalized spacial score (nSPS) is 15.0. The molecule has 8 rings (SSSR count). The van der Waals surface area contributed by atoms with E-state index in [2.05, 4.69) is 163 Å². The van der Waals surface area contributed by atoms with Crippen molar-refractivity contribution in [1.82, 2.24) is 0 Å². The zero-order valence-corrected chi connectivity index (χ0v) is 27.8. The first-order chi connectivity index (χ1) is 21.5. The molecule has 1 heteroatoms. The van der Waals surface area contributed by atoms with Gasteiger partial charge in [-0.1, -0.05) is 100.0 Å². The third-order valence-corrected chi connectivity index (χ3v) is 10.7. The molecule has 0 aromatic heterocycles. The molecule has 222 valence electrons. The average Bonchev–Trinajstić information content (AvgIpc) is 3.36. The van der Waals surface area contributed by atoms with Crippen molar-refractivity contribution >= 4 is 27.8 Å². The number of anilines is 3. The Balaban J connectivity index is 1.44. The second-order valence-electron chi connectivity index (χ2n) is 14.6. The van der Waals surface area contributed by atoms with E-state index < -0.39 is 0 Å². The van der Waals surface area contributed by atoms with Crippen LogP contribution < -0.4 is 4.90 Å². The van der Waals surface area contributed by atoms with E-state index in [1.165, 1.54) is 94.6 Å². The molecule has 2 aliphatic rings. The lowest BCUT2D eigenvalue weighted by molar-refractivity contribution is 0.652. The highest BCUT2D eigenvalue weighted by atomic mass is 15.1. The van der Waals surface area contributed by atoms with Crippen molar-refractivity contribution in [1.29, 1.82) is 0 Å². The molecule has 1 nitrogen and oxygen atoms in total. The van der Waals surface area contributed by atoms with E-state index in [0.717, 1.165) is 0 Å². The molecule has 0 saturated heterocycles. The molecule has 0 unspecified atom stereocenters. The van der Waals surface area contributed by atoms with E-state index in [0.29, 0.717) is 0 Å². The van der Waals surface area contributed by atoms with Gasteiger partial charge >= 0.3 is 0 Å². The smallest absolute Gasteiger partial charge is 0.0543 e. The van der Waals surface area contributed by atoms with Crippen LogP contribution in [0.5, 0.6) is 0 Å². The molecule has 0 saturated carbocycles. The lowest BCUT2D eigenvalue weighted by Gasteiger charge is -2.31.